The number of amides is 1. The van der Waals surface area contributed by atoms with E-state index in [-0.39, 0.29) is 11.7 Å². The molecule has 0 aromatic heterocycles. The quantitative estimate of drug-likeness (QED) is 0.677. The molecule has 1 heterocycles. The van der Waals surface area contributed by atoms with E-state index in [0.29, 0.717) is 31.9 Å². The Labute approximate surface area is 99.8 Å². The van der Waals surface area contributed by atoms with Gasteiger partial charge in [0.25, 0.3) is 5.91 Å². The molecule has 0 spiro atoms. The van der Waals surface area contributed by atoms with Crippen molar-refractivity contribution in [3.05, 3.63) is 30.1 Å². The van der Waals surface area contributed by atoms with Crippen LogP contribution in [0.25, 0.3) is 0 Å². The number of hydrogen-bond acceptors (Lipinski definition) is 2. The summed E-state index contributed by atoms with van der Waals surface area (Å²) in [7, 11) is 0. The van der Waals surface area contributed by atoms with Crippen molar-refractivity contribution in [2.24, 2.45) is 0 Å². The standard InChI is InChI=1S/C13H13FN2O/c1-2-13(17)16-9-7-15(8-10-16)12-6-4-3-5-11(12)14/h1,3-6H,7-10H2. The Morgan fingerprint density at radius 1 is 1.24 bits per heavy atom. The molecule has 1 amide bonds. The second-order valence-electron chi connectivity index (χ2n) is 3.87. The van der Waals surface area contributed by atoms with Crippen molar-refractivity contribution in [3.8, 4) is 12.3 Å². The summed E-state index contributed by atoms with van der Waals surface area (Å²) >= 11 is 0. The fraction of sp³-hybridized carbons (Fsp3) is 0.308. The molecule has 1 aliphatic rings. The molecule has 0 saturated carbocycles. The minimum absolute atomic E-state index is 0.232. The summed E-state index contributed by atoms with van der Waals surface area (Å²) in [5.41, 5.74) is 0.584. The average Bonchev–Trinajstić information content (AvgIpc) is 2.39. The number of terminal acetylenes is 1. The van der Waals surface area contributed by atoms with Crippen molar-refractivity contribution in [1.82, 2.24) is 4.90 Å². The van der Waals surface area contributed by atoms with Crippen molar-refractivity contribution in [2.75, 3.05) is 31.1 Å². The maximum absolute atomic E-state index is 13.5. The molecule has 0 bridgehead atoms. The summed E-state index contributed by atoms with van der Waals surface area (Å²) in [5, 5.41) is 0. The highest BCUT2D eigenvalue weighted by atomic mass is 19.1. The van der Waals surface area contributed by atoms with Gasteiger partial charge in [0.2, 0.25) is 0 Å². The lowest BCUT2D eigenvalue weighted by molar-refractivity contribution is -0.125. The third-order valence-electron chi connectivity index (χ3n) is 2.88. The SMILES string of the molecule is C#CC(=O)N1CCN(c2ccccc2F)CC1. The van der Waals surface area contributed by atoms with Gasteiger partial charge < -0.3 is 9.80 Å². The second kappa shape index (κ2) is 4.88. The van der Waals surface area contributed by atoms with E-state index >= 15 is 0 Å². The zero-order valence-electron chi connectivity index (χ0n) is 9.40. The predicted octanol–water partition coefficient (Wildman–Crippen LogP) is 1.11. The van der Waals surface area contributed by atoms with Gasteiger partial charge in [0.05, 0.1) is 5.69 Å². The molecule has 0 radical (unpaired) electrons. The topological polar surface area (TPSA) is 23.6 Å². The van der Waals surface area contributed by atoms with Gasteiger partial charge in [0.1, 0.15) is 5.82 Å². The normalized spacial score (nSPS) is 15.5. The van der Waals surface area contributed by atoms with E-state index in [4.69, 9.17) is 6.42 Å². The van der Waals surface area contributed by atoms with Crippen LogP contribution in [0.2, 0.25) is 0 Å². The number of carbonyl (C=O) groups excluding carboxylic acids is 1. The Kier molecular flexibility index (Phi) is 3.29. The van der Waals surface area contributed by atoms with Gasteiger partial charge in [-0.05, 0) is 18.1 Å². The molecule has 4 heteroatoms. The average molecular weight is 232 g/mol. The molecular formula is C13H13FN2O. The fourth-order valence-corrected chi connectivity index (χ4v) is 1.95. The molecule has 1 aromatic rings. The van der Waals surface area contributed by atoms with E-state index in [1.54, 1.807) is 23.1 Å². The third kappa shape index (κ3) is 2.39. The number of hydrogen-bond donors (Lipinski definition) is 0. The summed E-state index contributed by atoms with van der Waals surface area (Å²) in [6.45, 7) is 2.29. The second-order valence-corrected chi connectivity index (χ2v) is 3.87. The van der Waals surface area contributed by atoms with Gasteiger partial charge in [-0.25, -0.2) is 4.39 Å². The summed E-state index contributed by atoms with van der Waals surface area (Å²) in [6, 6.07) is 6.65. The van der Waals surface area contributed by atoms with Crippen molar-refractivity contribution in [1.29, 1.82) is 0 Å². The Balaban J connectivity index is 2.03. The molecule has 1 saturated heterocycles. The number of halogens is 1. The maximum Gasteiger partial charge on any atom is 0.298 e. The molecule has 1 aliphatic heterocycles. The number of rotatable bonds is 1. The van der Waals surface area contributed by atoms with Gasteiger partial charge in [0, 0.05) is 26.2 Å². The van der Waals surface area contributed by atoms with Crippen LogP contribution < -0.4 is 4.90 Å². The van der Waals surface area contributed by atoms with Crippen LogP contribution in [0.3, 0.4) is 0 Å². The van der Waals surface area contributed by atoms with E-state index in [9.17, 15) is 9.18 Å². The number of carbonyl (C=O) groups is 1. The number of anilines is 1. The zero-order chi connectivity index (χ0) is 12.3. The number of nitrogens with zero attached hydrogens (tertiary/aromatic N) is 2. The predicted molar refractivity (Wildman–Crippen MR) is 64.0 cm³/mol. The van der Waals surface area contributed by atoms with Crippen LogP contribution in [0.4, 0.5) is 10.1 Å². The van der Waals surface area contributed by atoms with Crippen LogP contribution in [-0.4, -0.2) is 37.0 Å². The van der Waals surface area contributed by atoms with E-state index in [0.717, 1.165) is 0 Å². The van der Waals surface area contributed by atoms with Gasteiger partial charge in [-0.1, -0.05) is 12.1 Å². The van der Waals surface area contributed by atoms with E-state index in [2.05, 4.69) is 5.92 Å². The molecule has 2 rings (SSSR count). The zero-order valence-corrected chi connectivity index (χ0v) is 9.40. The smallest absolute Gasteiger partial charge is 0.298 e. The van der Waals surface area contributed by atoms with Crippen molar-refractivity contribution in [2.45, 2.75) is 0 Å². The molecule has 0 unspecified atom stereocenters. The van der Waals surface area contributed by atoms with Crippen molar-refractivity contribution >= 4 is 11.6 Å². The highest BCUT2D eigenvalue weighted by molar-refractivity contribution is 5.93. The summed E-state index contributed by atoms with van der Waals surface area (Å²) < 4.78 is 13.5. The van der Waals surface area contributed by atoms with Gasteiger partial charge in [-0.2, -0.15) is 0 Å². The van der Waals surface area contributed by atoms with Crippen LogP contribution in [-0.2, 0) is 4.79 Å². The number of benzene rings is 1. The monoisotopic (exact) mass is 232 g/mol. The minimum Gasteiger partial charge on any atom is -0.366 e. The Morgan fingerprint density at radius 3 is 2.47 bits per heavy atom. The van der Waals surface area contributed by atoms with Crippen LogP contribution in [0, 0.1) is 18.2 Å². The van der Waals surface area contributed by atoms with Crippen LogP contribution >= 0.6 is 0 Å². The first kappa shape index (κ1) is 11.5. The highest BCUT2D eigenvalue weighted by Crippen LogP contribution is 2.19. The molecule has 0 aliphatic carbocycles. The van der Waals surface area contributed by atoms with Gasteiger partial charge >= 0.3 is 0 Å². The lowest BCUT2D eigenvalue weighted by atomic mass is 10.2. The first-order valence-corrected chi connectivity index (χ1v) is 5.47. The molecule has 1 aromatic carbocycles. The van der Waals surface area contributed by atoms with Crippen LogP contribution in [0.1, 0.15) is 0 Å². The molecule has 88 valence electrons. The number of piperazine rings is 1. The molecule has 3 nitrogen and oxygen atoms in total. The molecule has 0 N–H and O–H groups in total. The lowest BCUT2D eigenvalue weighted by Crippen LogP contribution is -2.48. The Bertz CT molecular complexity index is 459. The van der Waals surface area contributed by atoms with Crippen molar-refractivity contribution in [3.63, 3.8) is 0 Å². The van der Waals surface area contributed by atoms with E-state index < -0.39 is 0 Å². The van der Waals surface area contributed by atoms with Gasteiger partial charge in [-0.3, -0.25) is 4.79 Å². The summed E-state index contributed by atoms with van der Waals surface area (Å²) in [6.07, 6.45) is 5.06. The largest absolute Gasteiger partial charge is 0.366 e. The fourth-order valence-electron chi connectivity index (χ4n) is 1.95. The van der Waals surface area contributed by atoms with Crippen LogP contribution in [0.15, 0.2) is 24.3 Å². The summed E-state index contributed by atoms with van der Waals surface area (Å²) in [5.74, 6) is 1.57. The maximum atomic E-state index is 13.5. The molecule has 1 fully saturated rings. The summed E-state index contributed by atoms with van der Waals surface area (Å²) in [4.78, 5) is 14.8. The van der Waals surface area contributed by atoms with Gasteiger partial charge in [-0.15, -0.1) is 6.42 Å². The first-order valence-electron chi connectivity index (χ1n) is 5.47. The number of para-hydroxylation sites is 1. The van der Waals surface area contributed by atoms with Crippen LogP contribution in [0.5, 0.6) is 0 Å². The van der Waals surface area contributed by atoms with E-state index in [1.807, 2.05) is 4.90 Å². The Hall–Kier alpha value is -2.02. The first-order chi connectivity index (χ1) is 8.22. The molecule has 17 heavy (non-hydrogen) atoms. The van der Waals surface area contributed by atoms with Crippen molar-refractivity contribution < 1.29 is 9.18 Å². The van der Waals surface area contributed by atoms with Gasteiger partial charge in [0.15, 0.2) is 0 Å². The van der Waals surface area contributed by atoms with E-state index in [1.165, 1.54) is 6.07 Å². The molecular weight excluding hydrogens is 219 g/mol. The third-order valence-corrected chi connectivity index (χ3v) is 2.88. The Morgan fingerprint density at radius 2 is 1.88 bits per heavy atom. The lowest BCUT2D eigenvalue weighted by Gasteiger charge is -2.35. The minimum atomic E-state index is -0.293. The molecule has 0 atom stereocenters. The highest BCUT2D eigenvalue weighted by Gasteiger charge is 2.21.